The second kappa shape index (κ2) is 9.60. The van der Waals surface area contributed by atoms with E-state index in [4.69, 9.17) is 18.9 Å². The van der Waals surface area contributed by atoms with Gasteiger partial charge in [-0.2, -0.15) is 0 Å². The van der Waals surface area contributed by atoms with E-state index in [2.05, 4.69) is 0 Å². The van der Waals surface area contributed by atoms with Crippen molar-refractivity contribution < 1.29 is 33.6 Å². The van der Waals surface area contributed by atoms with E-state index in [1.807, 2.05) is 0 Å². The van der Waals surface area contributed by atoms with Gasteiger partial charge in [-0.15, -0.1) is 11.8 Å². The Morgan fingerprint density at radius 2 is 1.81 bits per heavy atom. The predicted octanol–water partition coefficient (Wildman–Crippen LogP) is 4.50. The Morgan fingerprint density at radius 3 is 2.47 bits per heavy atom. The van der Waals surface area contributed by atoms with Crippen LogP contribution in [0.15, 0.2) is 36.4 Å². The number of carbonyl (C=O) groups excluding carboxylic acids is 2. The van der Waals surface area contributed by atoms with Crippen LogP contribution in [0.5, 0.6) is 23.0 Å². The van der Waals surface area contributed by atoms with Gasteiger partial charge in [-0.05, 0) is 56.2 Å². The lowest BCUT2D eigenvalue weighted by molar-refractivity contribution is -0.128. The zero-order valence-corrected chi connectivity index (χ0v) is 19.5. The molecule has 32 heavy (non-hydrogen) atoms. The van der Waals surface area contributed by atoms with Crippen LogP contribution in [0.25, 0.3) is 0 Å². The predicted molar refractivity (Wildman–Crippen MR) is 120 cm³/mol. The van der Waals surface area contributed by atoms with Crippen LogP contribution >= 0.6 is 11.8 Å². The normalized spacial score (nSPS) is 16.1. The van der Waals surface area contributed by atoms with E-state index >= 15 is 0 Å². The molecular weight excluding hydrogens is 434 g/mol. The van der Waals surface area contributed by atoms with Crippen molar-refractivity contribution in [3.8, 4) is 23.0 Å². The highest BCUT2D eigenvalue weighted by Gasteiger charge is 2.33. The molecule has 9 heteroatoms. The fraction of sp³-hybridized carbons (Fsp3) is 0.391. The largest absolute Gasteiger partial charge is 0.514 e. The lowest BCUT2D eigenvalue weighted by Crippen LogP contribution is -2.27. The summed E-state index contributed by atoms with van der Waals surface area (Å²) in [5.74, 6) is 1.33. The van der Waals surface area contributed by atoms with Gasteiger partial charge in [0, 0.05) is 6.54 Å². The molecule has 0 aromatic heterocycles. The molecule has 0 radical (unpaired) electrons. The Bertz CT molecular complexity index is 1000. The van der Waals surface area contributed by atoms with Crippen molar-refractivity contribution in [2.45, 2.75) is 38.3 Å². The van der Waals surface area contributed by atoms with Gasteiger partial charge in [0.1, 0.15) is 11.0 Å². The SMILES string of the molecule is COc1cc(CN2C(=O)CSC2c2ccc(OC(=O)OC(C)(C)C)c(OC)c2)ccc1O. The Morgan fingerprint density at radius 1 is 1.09 bits per heavy atom. The fourth-order valence-corrected chi connectivity index (χ4v) is 4.38. The number of phenolic OH excluding ortho intramolecular Hbond substituents is 1. The van der Waals surface area contributed by atoms with Crippen molar-refractivity contribution in [2.24, 2.45) is 0 Å². The minimum Gasteiger partial charge on any atom is -0.504 e. The van der Waals surface area contributed by atoms with Crippen LogP contribution in [0.1, 0.15) is 37.3 Å². The summed E-state index contributed by atoms with van der Waals surface area (Å²) in [6.07, 6.45) is -0.822. The number of nitrogens with zero attached hydrogens (tertiary/aromatic N) is 1. The third-order valence-corrected chi connectivity index (χ3v) is 5.88. The van der Waals surface area contributed by atoms with E-state index in [1.165, 1.54) is 26.0 Å². The lowest BCUT2D eigenvalue weighted by atomic mass is 10.1. The maximum atomic E-state index is 12.6. The molecule has 1 atom stereocenters. The zero-order valence-electron chi connectivity index (χ0n) is 18.7. The van der Waals surface area contributed by atoms with Crippen LogP contribution in [0.3, 0.4) is 0 Å². The van der Waals surface area contributed by atoms with Crippen molar-refractivity contribution in [1.29, 1.82) is 0 Å². The van der Waals surface area contributed by atoms with Gasteiger partial charge >= 0.3 is 6.16 Å². The molecule has 1 saturated heterocycles. The number of carbonyl (C=O) groups is 2. The summed E-state index contributed by atoms with van der Waals surface area (Å²) in [6, 6.07) is 10.2. The summed E-state index contributed by atoms with van der Waals surface area (Å²) < 4.78 is 21.1. The molecule has 0 aliphatic carbocycles. The van der Waals surface area contributed by atoms with E-state index < -0.39 is 11.8 Å². The molecule has 0 spiro atoms. The lowest BCUT2D eigenvalue weighted by Gasteiger charge is -2.25. The summed E-state index contributed by atoms with van der Waals surface area (Å²) in [5, 5.41) is 9.57. The molecule has 2 aromatic carbocycles. The van der Waals surface area contributed by atoms with Gasteiger partial charge in [0.25, 0.3) is 0 Å². The smallest absolute Gasteiger partial charge is 0.504 e. The first-order chi connectivity index (χ1) is 15.1. The average molecular weight is 462 g/mol. The molecule has 172 valence electrons. The van der Waals surface area contributed by atoms with E-state index in [0.717, 1.165) is 11.1 Å². The van der Waals surface area contributed by atoms with Crippen molar-refractivity contribution >= 4 is 23.8 Å². The van der Waals surface area contributed by atoms with Crippen molar-refractivity contribution in [2.75, 3.05) is 20.0 Å². The summed E-state index contributed by atoms with van der Waals surface area (Å²) in [4.78, 5) is 26.4. The van der Waals surface area contributed by atoms with E-state index in [1.54, 1.807) is 62.1 Å². The fourth-order valence-electron chi connectivity index (χ4n) is 3.20. The van der Waals surface area contributed by atoms with Crippen LogP contribution in [-0.2, 0) is 16.1 Å². The molecule has 8 nitrogen and oxygen atoms in total. The summed E-state index contributed by atoms with van der Waals surface area (Å²) in [7, 11) is 2.96. The summed E-state index contributed by atoms with van der Waals surface area (Å²) in [5.41, 5.74) is 0.986. The minimum atomic E-state index is -0.822. The van der Waals surface area contributed by atoms with Crippen LogP contribution in [0.2, 0.25) is 0 Å². The number of amides is 1. The molecule has 1 aliphatic rings. The van der Waals surface area contributed by atoms with Crippen LogP contribution < -0.4 is 14.2 Å². The van der Waals surface area contributed by atoms with Gasteiger partial charge in [0.15, 0.2) is 23.0 Å². The second-order valence-corrected chi connectivity index (χ2v) is 9.24. The molecule has 1 N–H and O–H groups in total. The zero-order chi connectivity index (χ0) is 23.5. The number of thioether (sulfide) groups is 1. The Hall–Kier alpha value is -3.07. The van der Waals surface area contributed by atoms with Crippen LogP contribution in [0, 0.1) is 0 Å². The average Bonchev–Trinajstić information content (AvgIpc) is 3.08. The van der Waals surface area contributed by atoms with Gasteiger partial charge < -0.3 is 29.0 Å². The Balaban J connectivity index is 1.81. The van der Waals surface area contributed by atoms with Gasteiger partial charge in [0.05, 0.1) is 20.0 Å². The van der Waals surface area contributed by atoms with Crippen LogP contribution in [-0.4, -0.2) is 47.6 Å². The highest BCUT2D eigenvalue weighted by atomic mass is 32.2. The molecule has 1 heterocycles. The summed E-state index contributed by atoms with van der Waals surface area (Å²) >= 11 is 1.50. The summed E-state index contributed by atoms with van der Waals surface area (Å²) in [6.45, 7) is 5.61. The first-order valence-corrected chi connectivity index (χ1v) is 11.0. The molecule has 0 saturated carbocycles. The van der Waals surface area contributed by atoms with Crippen LogP contribution in [0.4, 0.5) is 4.79 Å². The highest BCUT2D eigenvalue weighted by molar-refractivity contribution is 8.00. The maximum Gasteiger partial charge on any atom is 0.514 e. The second-order valence-electron chi connectivity index (χ2n) is 8.17. The molecule has 0 bridgehead atoms. The molecule has 1 amide bonds. The van der Waals surface area contributed by atoms with E-state index in [0.29, 0.717) is 23.8 Å². The maximum absolute atomic E-state index is 12.6. The molecule has 3 rings (SSSR count). The number of phenols is 1. The number of rotatable bonds is 6. The quantitative estimate of drug-likeness (QED) is 0.496. The first kappa shape index (κ1) is 23.6. The Kier molecular flexibility index (Phi) is 7.08. The third-order valence-electron chi connectivity index (χ3n) is 4.62. The standard InChI is InChI=1S/C23H27NO7S/c1-23(2,3)31-22(27)30-17-9-7-15(11-19(17)29-5)21-24(20(26)13-32-21)12-14-6-8-16(25)18(10-14)28-4/h6-11,21,25H,12-13H2,1-5H3. The number of methoxy groups -OCH3 is 2. The number of aromatic hydroxyl groups is 1. The molecule has 1 unspecified atom stereocenters. The van der Waals surface area contributed by atoms with E-state index in [9.17, 15) is 14.7 Å². The minimum absolute atomic E-state index is 0.0000835. The van der Waals surface area contributed by atoms with Crippen molar-refractivity contribution in [3.63, 3.8) is 0 Å². The molecule has 1 fully saturated rings. The van der Waals surface area contributed by atoms with Crippen molar-refractivity contribution in [1.82, 2.24) is 4.90 Å². The number of hydrogen-bond donors (Lipinski definition) is 1. The third kappa shape index (κ3) is 5.59. The van der Waals surface area contributed by atoms with E-state index in [-0.39, 0.29) is 22.8 Å². The highest BCUT2D eigenvalue weighted by Crippen LogP contribution is 2.42. The van der Waals surface area contributed by atoms with Gasteiger partial charge in [-0.25, -0.2) is 4.79 Å². The van der Waals surface area contributed by atoms with Crippen molar-refractivity contribution in [3.05, 3.63) is 47.5 Å². The van der Waals surface area contributed by atoms with Gasteiger partial charge in [0.2, 0.25) is 5.91 Å². The molecular formula is C23H27NO7S. The first-order valence-electron chi connectivity index (χ1n) is 9.97. The molecule has 2 aromatic rings. The van der Waals surface area contributed by atoms with Gasteiger partial charge in [-0.3, -0.25) is 4.79 Å². The topological polar surface area (TPSA) is 94.5 Å². The Labute approximate surface area is 191 Å². The number of hydrogen-bond acceptors (Lipinski definition) is 8. The number of benzene rings is 2. The number of ether oxygens (including phenoxy) is 4. The monoisotopic (exact) mass is 461 g/mol. The van der Waals surface area contributed by atoms with Gasteiger partial charge in [-0.1, -0.05) is 12.1 Å². The molecule has 1 aliphatic heterocycles.